The first-order valence-corrected chi connectivity index (χ1v) is 9.55. The molecule has 100 valence electrons. The summed E-state index contributed by atoms with van der Waals surface area (Å²) in [6, 6.07) is 0. The molecule has 0 aromatic rings. The van der Waals surface area contributed by atoms with Gasteiger partial charge in [0.1, 0.15) is 12.0 Å². The van der Waals surface area contributed by atoms with Gasteiger partial charge < -0.3 is 13.9 Å². The molecule has 0 rings (SSSR count). The van der Waals surface area contributed by atoms with Gasteiger partial charge in [0.05, 0.1) is 13.7 Å². The second kappa shape index (κ2) is 8.23. The lowest BCUT2D eigenvalue weighted by atomic mass is 10.3. The molecule has 0 aliphatic heterocycles. The number of hydrogen-bond donors (Lipinski definition) is 0. The van der Waals surface area contributed by atoms with Crippen molar-refractivity contribution in [2.24, 2.45) is 0 Å². The molecule has 0 radical (unpaired) electrons. The van der Waals surface area contributed by atoms with Crippen LogP contribution in [-0.4, -0.2) is 22.0 Å². The quantitative estimate of drug-likeness (QED) is 0.270. The van der Waals surface area contributed by atoms with Crippen LogP contribution in [-0.2, 0) is 13.9 Å². The molecule has 4 heteroatoms. The van der Waals surface area contributed by atoms with E-state index in [1.165, 1.54) is 12.8 Å². The summed E-state index contributed by atoms with van der Waals surface area (Å²) in [5.41, 5.74) is 0. The number of hydrogen-bond acceptors (Lipinski definition) is 3. The fraction of sp³-hybridized carbons (Fsp3) is 0.692. The van der Waals surface area contributed by atoms with Crippen molar-refractivity contribution in [2.45, 2.75) is 45.8 Å². The molecule has 0 aliphatic carbocycles. The lowest BCUT2D eigenvalue weighted by molar-refractivity contribution is 0.174. The van der Waals surface area contributed by atoms with Crippen molar-refractivity contribution >= 4 is 8.32 Å². The Labute approximate surface area is 107 Å². The molecular weight excluding hydrogens is 232 g/mol. The summed E-state index contributed by atoms with van der Waals surface area (Å²) < 4.78 is 16.4. The SMILES string of the molecule is C=C(O[Si](C)(C)C)C(=COC)OCCCCC. The zero-order valence-electron chi connectivity index (χ0n) is 11.8. The van der Waals surface area contributed by atoms with E-state index in [1.54, 1.807) is 13.4 Å². The van der Waals surface area contributed by atoms with Crippen LogP contribution >= 0.6 is 0 Å². The highest BCUT2D eigenvalue weighted by atomic mass is 28.4. The van der Waals surface area contributed by atoms with E-state index in [2.05, 4.69) is 33.1 Å². The van der Waals surface area contributed by atoms with Gasteiger partial charge in [0.2, 0.25) is 8.32 Å². The van der Waals surface area contributed by atoms with Crippen molar-refractivity contribution in [3.63, 3.8) is 0 Å². The van der Waals surface area contributed by atoms with Gasteiger partial charge in [0, 0.05) is 0 Å². The Morgan fingerprint density at radius 1 is 1.24 bits per heavy atom. The maximum Gasteiger partial charge on any atom is 0.242 e. The first-order chi connectivity index (χ1) is 7.90. The molecule has 0 bridgehead atoms. The largest absolute Gasteiger partial charge is 0.542 e. The molecule has 0 amide bonds. The molecule has 17 heavy (non-hydrogen) atoms. The number of rotatable bonds is 9. The third-order valence-electron chi connectivity index (χ3n) is 1.93. The van der Waals surface area contributed by atoms with E-state index in [4.69, 9.17) is 13.9 Å². The Hall–Kier alpha value is -0.903. The van der Waals surface area contributed by atoms with E-state index in [1.807, 2.05) is 0 Å². The zero-order valence-corrected chi connectivity index (χ0v) is 12.8. The minimum Gasteiger partial charge on any atom is -0.542 e. The molecular formula is C13H26O3Si. The third-order valence-corrected chi connectivity index (χ3v) is 2.79. The van der Waals surface area contributed by atoms with Crippen LogP contribution in [0.15, 0.2) is 24.4 Å². The highest BCUT2D eigenvalue weighted by molar-refractivity contribution is 6.70. The standard InChI is InChI=1S/C13H26O3Si/c1-7-8-9-10-15-13(11-14-3)12(2)16-17(4,5)6/h11H,2,7-10H2,1,3-6H3. The van der Waals surface area contributed by atoms with E-state index in [0.29, 0.717) is 18.1 Å². The fourth-order valence-electron chi connectivity index (χ4n) is 1.24. The Balaban J connectivity index is 4.23. The normalized spacial score (nSPS) is 12.2. The summed E-state index contributed by atoms with van der Waals surface area (Å²) in [7, 11) is -0.0480. The van der Waals surface area contributed by atoms with Gasteiger partial charge in [-0.05, 0) is 26.1 Å². The van der Waals surface area contributed by atoms with Gasteiger partial charge in [0.25, 0.3) is 0 Å². The summed E-state index contributed by atoms with van der Waals surface area (Å²) in [4.78, 5) is 0. The molecule has 0 atom stereocenters. The van der Waals surface area contributed by atoms with E-state index in [9.17, 15) is 0 Å². The molecule has 0 spiro atoms. The molecule has 0 saturated heterocycles. The lowest BCUT2D eigenvalue weighted by Gasteiger charge is -2.22. The van der Waals surface area contributed by atoms with E-state index >= 15 is 0 Å². The molecule has 0 N–H and O–H groups in total. The average molecular weight is 258 g/mol. The summed E-state index contributed by atoms with van der Waals surface area (Å²) in [6.45, 7) is 13.1. The smallest absolute Gasteiger partial charge is 0.242 e. The van der Waals surface area contributed by atoms with Crippen molar-refractivity contribution in [3.8, 4) is 0 Å². The number of methoxy groups -OCH3 is 1. The number of unbranched alkanes of at least 4 members (excludes halogenated alkanes) is 2. The summed E-state index contributed by atoms with van der Waals surface area (Å²) in [5, 5.41) is 0. The third kappa shape index (κ3) is 8.86. The van der Waals surface area contributed by atoms with Gasteiger partial charge in [-0.2, -0.15) is 0 Å². The van der Waals surface area contributed by atoms with Crippen LogP contribution in [0.25, 0.3) is 0 Å². The van der Waals surface area contributed by atoms with Gasteiger partial charge >= 0.3 is 0 Å². The predicted molar refractivity (Wildman–Crippen MR) is 74.1 cm³/mol. The van der Waals surface area contributed by atoms with Crippen molar-refractivity contribution in [3.05, 3.63) is 24.4 Å². The molecule has 0 aromatic heterocycles. The van der Waals surface area contributed by atoms with Crippen LogP contribution in [0.4, 0.5) is 0 Å². The van der Waals surface area contributed by atoms with Crippen molar-refractivity contribution in [1.82, 2.24) is 0 Å². The van der Waals surface area contributed by atoms with Crippen molar-refractivity contribution in [2.75, 3.05) is 13.7 Å². The minimum atomic E-state index is -1.64. The van der Waals surface area contributed by atoms with Crippen LogP contribution in [0.1, 0.15) is 26.2 Å². The van der Waals surface area contributed by atoms with Crippen LogP contribution in [0.2, 0.25) is 19.6 Å². The van der Waals surface area contributed by atoms with Gasteiger partial charge in [-0.15, -0.1) is 0 Å². The molecule has 0 aromatic carbocycles. The van der Waals surface area contributed by atoms with Crippen LogP contribution in [0.5, 0.6) is 0 Å². The first kappa shape index (κ1) is 16.1. The lowest BCUT2D eigenvalue weighted by Crippen LogP contribution is -2.25. The van der Waals surface area contributed by atoms with Gasteiger partial charge in [0.15, 0.2) is 5.76 Å². The molecule has 0 unspecified atom stereocenters. The Bertz CT molecular complexity index is 254. The highest BCUT2D eigenvalue weighted by Crippen LogP contribution is 2.17. The van der Waals surface area contributed by atoms with E-state index < -0.39 is 8.32 Å². The Morgan fingerprint density at radius 3 is 2.35 bits per heavy atom. The second-order valence-corrected chi connectivity index (χ2v) is 9.34. The van der Waals surface area contributed by atoms with E-state index in [-0.39, 0.29) is 0 Å². The summed E-state index contributed by atoms with van der Waals surface area (Å²) >= 11 is 0. The average Bonchev–Trinajstić information content (AvgIpc) is 2.20. The minimum absolute atomic E-state index is 0.572. The highest BCUT2D eigenvalue weighted by Gasteiger charge is 2.19. The van der Waals surface area contributed by atoms with Crippen molar-refractivity contribution < 1.29 is 13.9 Å². The monoisotopic (exact) mass is 258 g/mol. The molecule has 0 heterocycles. The Kier molecular flexibility index (Phi) is 7.79. The second-order valence-electron chi connectivity index (χ2n) is 4.91. The van der Waals surface area contributed by atoms with Crippen LogP contribution in [0, 0.1) is 0 Å². The molecule has 0 saturated carbocycles. The molecule has 0 fully saturated rings. The number of ether oxygens (including phenoxy) is 2. The summed E-state index contributed by atoms with van der Waals surface area (Å²) in [6.07, 6.45) is 4.94. The predicted octanol–water partition coefficient (Wildman–Crippen LogP) is 4.05. The maximum absolute atomic E-state index is 5.78. The zero-order chi connectivity index (χ0) is 13.3. The van der Waals surface area contributed by atoms with Crippen LogP contribution < -0.4 is 0 Å². The molecule has 3 nitrogen and oxygen atoms in total. The van der Waals surface area contributed by atoms with Crippen molar-refractivity contribution in [1.29, 1.82) is 0 Å². The van der Waals surface area contributed by atoms with Gasteiger partial charge in [-0.1, -0.05) is 26.3 Å². The first-order valence-electron chi connectivity index (χ1n) is 6.14. The van der Waals surface area contributed by atoms with Gasteiger partial charge in [-0.25, -0.2) is 0 Å². The van der Waals surface area contributed by atoms with E-state index in [0.717, 1.165) is 6.42 Å². The fourth-order valence-corrected chi connectivity index (χ4v) is 2.08. The maximum atomic E-state index is 5.78. The topological polar surface area (TPSA) is 27.7 Å². The Morgan fingerprint density at radius 2 is 1.88 bits per heavy atom. The summed E-state index contributed by atoms with van der Waals surface area (Å²) in [5.74, 6) is 1.17. The molecule has 0 aliphatic rings. The van der Waals surface area contributed by atoms with Gasteiger partial charge in [-0.3, -0.25) is 0 Å². The van der Waals surface area contributed by atoms with Crippen LogP contribution in [0.3, 0.4) is 0 Å².